The molecule has 3 aliphatic carbocycles. The third-order valence-electron chi connectivity index (χ3n) is 18.3. The number of nitrogens with zero attached hydrogens (tertiary/aromatic N) is 6. The maximum atomic E-state index is 13.2. The minimum Gasteiger partial charge on any atom is -0.479 e. The molecule has 1 aliphatic heterocycles. The molecule has 101 heavy (non-hydrogen) atoms. The summed E-state index contributed by atoms with van der Waals surface area (Å²) in [6.45, 7) is 49.8. The lowest BCUT2D eigenvalue weighted by Crippen LogP contribution is -2.41. The zero-order valence-electron chi connectivity index (χ0n) is 64.3. The molecule has 0 amide bonds. The first kappa shape index (κ1) is 82.6. The first-order chi connectivity index (χ1) is 46.9. The highest BCUT2D eigenvalue weighted by atomic mass is 79.9. The van der Waals surface area contributed by atoms with Gasteiger partial charge in [-0.15, -0.1) is 34.0 Å². The maximum Gasteiger partial charge on any atom is 0.506 e. The van der Waals surface area contributed by atoms with E-state index in [1.54, 1.807) is 83.3 Å². The number of esters is 2. The molecule has 0 radical (unpaired) electrons. The topological polar surface area (TPSA) is 213 Å². The molecule has 3 atom stereocenters. The van der Waals surface area contributed by atoms with Crippen LogP contribution >= 0.6 is 49.9 Å². The van der Waals surface area contributed by atoms with Crippen LogP contribution in [0.5, 0.6) is 0 Å². The number of carbonyl (C=O) groups is 3. The Morgan fingerprint density at radius 1 is 0.505 bits per heavy atom. The predicted molar refractivity (Wildman–Crippen MR) is 413 cm³/mol. The Bertz CT molecular complexity index is 3900. The summed E-state index contributed by atoms with van der Waals surface area (Å²) >= 11 is 7.91. The van der Waals surface area contributed by atoms with Crippen LogP contribution < -0.4 is 4.78 Å². The van der Waals surface area contributed by atoms with Crippen LogP contribution in [0, 0.1) is 37.0 Å². The molecular weight excluding hydrogens is 1400 g/mol. The Labute approximate surface area is 622 Å². The van der Waals surface area contributed by atoms with E-state index < -0.39 is 59.4 Å². The molecule has 22 heteroatoms. The van der Waals surface area contributed by atoms with Gasteiger partial charge in [-0.2, -0.15) is 0 Å². The van der Waals surface area contributed by atoms with Crippen molar-refractivity contribution in [2.45, 2.75) is 270 Å². The second kappa shape index (κ2) is 33.6. The minimum atomic E-state index is -1.03. The van der Waals surface area contributed by atoms with E-state index in [9.17, 15) is 19.5 Å². The molecule has 4 aliphatic rings. The highest BCUT2D eigenvalue weighted by Gasteiger charge is 2.54. The molecule has 3 unspecified atom stereocenters. The minimum absolute atomic E-state index is 0.256. The van der Waals surface area contributed by atoms with Crippen molar-refractivity contribution in [1.82, 2.24) is 29.9 Å². The van der Waals surface area contributed by atoms with Gasteiger partial charge < -0.3 is 38.1 Å². The van der Waals surface area contributed by atoms with Crippen molar-refractivity contribution < 1.29 is 52.5 Å². The van der Waals surface area contributed by atoms with Crippen molar-refractivity contribution in [3.63, 3.8) is 0 Å². The second-order valence-corrected chi connectivity index (χ2v) is 37.0. The lowest BCUT2D eigenvalue weighted by molar-refractivity contribution is -0.167. The Kier molecular flexibility index (Phi) is 27.5. The number of aliphatic carboxylic acids is 1. The number of carbonyl (C=O) groups excluding carboxylic acids is 2. The van der Waals surface area contributed by atoms with Crippen LogP contribution in [0.3, 0.4) is 0 Å². The summed E-state index contributed by atoms with van der Waals surface area (Å²) in [5, 5.41) is 10.0. The Morgan fingerprint density at radius 3 is 1.11 bits per heavy atom. The van der Waals surface area contributed by atoms with E-state index in [1.165, 1.54) is 16.7 Å². The van der Waals surface area contributed by atoms with E-state index in [2.05, 4.69) is 140 Å². The molecule has 1 saturated heterocycles. The van der Waals surface area contributed by atoms with Gasteiger partial charge in [0.15, 0.2) is 34.7 Å². The average molecular weight is 1510 g/mol. The lowest BCUT2D eigenvalue weighted by atomic mass is 9.73. The molecule has 6 aromatic rings. The van der Waals surface area contributed by atoms with Crippen molar-refractivity contribution in [2.24, 2.45) is 16.2 Å². The number of allylic oxidation sites excluding steroid dienone is 6. The highest BCUT2D eigenvalue weighted by molar-refractivity contribution is 9.10. The number of hydrogen-bond acceptors (Lipinski definition) is 19. The zero-order chi connectivity index (χ0) is 75.0. The molecule has 7 heterocycles. The molecule has 0 spiro atoms. The summed E-state index contributed by atoms with van der Waals surface area (Å²) in [7, 11) is -0.495. The first-order valence-corrected chi connectivity index (χ1v) is 38.5. The lowest BCUT2D eigenvalue weighted by Gasteiger charge is -2.32. The quantitative estimate of drug-likeness (QED) is 0.0511. The number of carboxylic acid groups (broad SMARTS) is 1. The standard InChI is InChI=1S/C27H43BO5S.C25H34N2O3S.C23H30N2O3S.C4H3BrN2/c1-12-30-23(29)21(31-24(3,4)5)19-17(2)34-22(28-32-26(8,9)27(10,11)33-28)20(19)18-13-15-25(6,7)16-14-18;1-8-29-23(28)20(30-24(3,4)5)18-16(2)31-21(22-26-14-9-15-27-22)19(18)17-10-12-25(6,7)13-11-17;1-14-16(18(21(26)27)28-22(2,3)4)17(15-8-10-23(5,6)11-9-15)19(29-14)20-24-12-7-13-25-20;5-4-6-2-1-3-7-4/h13,21H,12,14-16H2,1-11H3;9-10,14-15,20H,8,11-13H2,1-7H3;7-8,12-13,18H,9-11H2,1-6H3,(H,26,27);1-3H. The Morgan fingerprint density at radius 2 is 0.812 bits per heavy atom. The van der Waals surface area contributed by atoms with Gasteiger partial charge in [-0.3, -0.25) is 0 Å². The summed E-state index contributed by atoms with van der Waals surface area (Å²) in [5.41, 5.74) is 7.55. The van der Waals surface area contributed by atoms with Crippen molar-refractivity contribution in [2.75, 3.05) is 13.2 Å². The van der Waals surface area contributed by atoms with Gasteiger partial charge in [0.05, 0.1) is 51.0 Å². The predicted octanol–water partition coefficient (Wildman–Crippen LogP) is 20.2. The largest absolute Gasteiger partial charge is 0.506 e. The average Bonchev–Trinajstić information content (AvgIpc) is 1.61. The number of ether oxygens (including phenoxy) is 5. The van der Waals surface area contributed by atoms with Crippen LogP contribution in [0.15, 0.2) is 78.3 Å². The summed E-state index contributed by atoms with van der Waals surface area (Å²) in [6.07, 6.45) is 23.6. The smallest absolute Gasteiger partial charge is 0.479 e. The third kappa shape index (κ3) is 22.2. The van der Waals surface area contributed by atoms with Gasteiger partial charge in [0.25, 0.3) is 0 Å². The fourth-order valence-electron chi connectivity index (χ4n) is 12.2. The van der Waals surface area contributed by atoms with Gasteiger partial charge in [0, 0.05) is 84.4 Å². The molecule has 17 nitrogen and oxygen atoms in total. The number of halogens is 1. The van der Waals surface area contributed by atoms with Crippen LogP contribution in [-0.4, -0.2) is 101 Å². The normalized spacial score (nSPS) is 18.5. The van der Waals surface area contributed by atoms with Gasteiger partial charge in [0.2, 0.25) is 0 Å². The van der Waals surface area contributed by atoms with Crippen LogP contribution in [0.2, 0.25) is 0 Å². The van der Waals surface area contributed by atoms with E-state index in [-0.39, 0.29) is 28.2 Å². The molecule has 0 bridgehead atoms. The fraction of sp³-hybridized carbons (Fsp3) is 0.582. The monoisotopic (exact) mass is 1500 g/mol. The molecule has 0 aromatic carbocycles. The van der Waals surface area contributed by atoms with Crippen molar-refractivity contribution in [1.29, 1.82) is 0 Å². The van der Waals surface area contributed by atoms with E-state index in [0.29, 0.717) is 29.6 Å². The second-order valence-electron chi connectivity index (χ2n) is 32.6. The van der Waals surface area contributed by atoms with Gasteiger partial charge >= 0.3 is 25.0 Å². The SMILES string of the molecule is Brc1ncccn1.CCOC(=O)C(OC(C)(C)C)c1c(C)sc(-c2ncccn2)c1C1=CCC(C)(C)CC1.CCOC(=O)C(OC(C)(C)C)c1c(C)sc(B2OC(C)(C)C(C)(C)O2)c1C1=CCC(C)(C)CC1.Cc1sc(-c2ncccn2)c(C2=CCC(C)(C)CC2)c1C(OC(C)(C)C)C(=O)O. The molecule has 1 fully saturated rings. The number of hydrogen-bond donors (Lipinski definition) is 1. The van der Waals surface area contributed by atoms with Crippen LogP contribution in [0.25, 0.3) is 38.1 Å². The number of aromatic nitrogens is 6. The third-order valence-corrected chi connectivity index (χ3v) is 22.1. The van der Waals surface area contributed by atoms with E-state index in [1.807, 2.05) is 96.1 Å². The molecular formula is C79H110BBrN6O11S3. The Balaban J connectivity index is 0.000000202. The summed E-state index contributed by atoms with van der Waals surface area (Å²) in [5.74, 6) is -0.360. The molecule has 6 aromatic heterocycles. The summed E-state index contributed by atoms with van der Waals surface area (Å²) in [6, 6.07) is 5.37. The van der Waals surface area contributed by atoms with Gasteiger partial charge in [-0.1, -0.05) is 59.8 Å². The highest BCUT2D eigenvalue weighted by Crippen LogP contribution is 2.51. The zero-order valence-corrected chi connectivity index (χ0v) is 68.4. The van der Waals surface area contributed by atoms with Gasteiger partial charge in [-0.25, -0.2) is 44.3 Å². The van der Waals surface area contributed by atoms with Gasteiger partial charge in [0.1, 0.15) is 0 Å². The number of aryl methyl sites for hydroxylation is 3. The molecule has 10 rings (SSSR count). The summed E-state index contributed by atoms with van der Waals surface area (Å²) < 4.78 is 44.3. The van der Waals surface area contributed by atoms with Crippen molar-refractivity contribution >= 4 is 96.5 Å². The molecule has 550 valence electrons. The van der Waals surface area contributed by atoms with E-state index >= 15 is 0 Å². The number of thiophene rings is 3. The maximum absolute atomic E-state index is 13.2. The first-order valence-electron chi connectivity index (χ1n) is 35.3. The van der Waals surface area contributed by atoms with E-state index in [4.69, 9.17) is 33.0 Å². The van der Waals surface area contributed by atoms with Gasteiger partial charge in [-0.05, 0) is 255 Å². The number of rotatable bonds is 17. The molecule has 0 saturated carbocycles. The van der Waals surface area contributed by atoms with E-state index in [0.717, 1.165) is 120 Å². The van der Waals surface area contributed by atoms with Crippen LogP contribution in [0.4, 0.5) is 0 Å². The van der Waals surface area contributed by atoms with Crippen molar-refractivity contribution in [3.05, 3.63) is 126 Å². The Hall–Kier alpha value is -5.69. The van der Waals surface area contributed by atoms with Crippen LogP contribution in [-0.2, 0) is 47.4 Å². The molecule has 1 N–H and O–H groups in total. The van der Waals surface area contributed by atoms with Crippen molar-refractivity contribution in [3.8, 4) is 21.4 Å². The number of carboxylic acids is 1. The van der Waals surface area contributed by atoms with Crippen LogP contribution in [0.1, 0.15) is 270 Å². The fourth-order valence-corrected chi connectivity index (χ4v) is 16.0. The summed E-state index contributed by atoms with van der Waals surface area (Å²) in [4.78, 5) is 69.0.